The van der Waals surface area contributed by atoms with Crippen LogP contribution in [-0.2, 0) is 0 Å². The van der Waals surface area contributed by atoms with Crippen LogP contribution in [0.2, 0.25) is 0 Å². The molecule has 0 saturated heterocycles. The summed E-state index contributed by atoms with van der Waals surface area (Å²) in [4.78, 5) is 23.6. The van der Waals surface area contributed by atoms with E-state index in [2.05, 4.69) is 224 Å². The number of rotatable bonds is 11. The van der Waals surface area contributed by atoms with E-state index in [0.717, 1.165) is 112 Å². The normalized spacial score (nSPS) is 11.3. The smallest absolute Gasteiger partial charge is 0.168 e. The van der Waals surface area contributed by atoms with E-state index in [9.17, 15) is 4.79 Å². The van der Waals surface area contributed by atoms with E-state index in [1.54, 1.807) is 0 Å². The molecule has 0 unspecified atom stereocenters. The van der Waals surface area contributed by atoms with Crippen LogP contribution in [-0.4, -0.2) is 15.8 Å². The molecule has 2 heterocycles. The summed E-state index contributed by atoms with van der Waals surface area (Å²) in [5.74, 6) is 0.123. The van der Waals surface area contributed by atoms with Gasteiger partial charge in [-0.25, -0.2) is 0 Å². The first-order chi connectivity index (χ1) is 35.3. The predicted octanol–water partition coefficient (Wildman–Crippen LogP) is 18.4. The summed E-state index contributed by atoms with van der Waals surface area (Å²) in [5.41, 5.74) is 21.5. The van der Waals surface area contributed by atoms with Crippen molar-refractivity contribution in [3.05, 3.63) is 267 Å². The Labute approximate surface area is 422 Å². The second kappa shape index (κ2) is 19.7. The minimum absolute atomic E-state index is 0.123. The second-order valence-corrected chi connectivity index (χ2v) is 19.3. The van der Waals surface area contributed by atoms with Gasteiger partial charge in [0.2, 0.25) is 0 Å². The number of Topliss-reactive ketones (excluding diaryl/α,β-unsaturated/α-hetero) is 1. The number of ketones is 1. The number of hydrogen-bond donors (Lipinski definition) is 0. The molecule has 9 aromatic carbocycles. The van der Waals surface area contributed by atoms with Crippen LogP contribution in [0.1, 0.15) is 31.1 Å². The topological polar surface area (TPSA) is 42.9 Å². The molecular weight excluding hydrogens is 873 g/mol. The van der Waals surface area contributed by atoms with E-state index in [-0.39, 0.29) is 5.78 Å². The lowest BCUT2D eigenvalue weighted by atomic mass is 9.84. The van der Waals surface area contributed by atoms with Crippen molar-refractivity contribution in [1.29, 1.82) is 0 Å². The maximum atomic E-state index is 13.4. The summed E-state index contributed by atoms with van der Waals surface area (Å²) in [6.45, 7) is 5.91. The van der Waals surface area contributed by atoms with E-state index in [1.807, 2.05) is 57.4 Å². The molecule has 0 spiro atoms. The lowest BCUT2D eigenvalue weighted by Crippen LogP contribution is -2.19. The Morgan fingerprint density at radius 2 is 0.569 bits per heavy atom. The number of hydrogen-bond acceptors (Lipinski definition) is 3. The third-order valence-corrected chi connectivity index (χ3v) is 13.5. The predicted molar refractivity (Wildman–Crippen MR) is 300 cm³/mol. The monoisotopic (exact) mass is 924 g/mol. The standard InChI is InChI=1S/C69H52N2O/c1-69(2,3)68(72)52-38-36-49(37-39-52)56-30-16-17-31-57(56)53-40-54(58-32-18-20-34-60(58)64-45-70-66(50-26-12-6-13-27-50)43-62(64)47-22-8-4-9-23-47)42-55(41-53)59-33-19-21-35-61(59)65-46-71-67(51-28-14-7-15-29-51)44-63(65)48-24-10-5-11-25-48/h4-46H,1-3H3. The van der Waals surface area contributed by atoms with Gasteiger partial charge in [0, 0.05) is 45.6 Å². The van der Waals surface area contributed by atoms with Crippen LogP contribution in [0.5, 0.6) is 0 Å². The Balaban J connectivity index is 1.13. The zero-order valence-corrected chi connectivity index (χ0v) is 40.6. The van der Waals surface area contributed by atoms with Gasteiger partial charge in [-0.15, -0.1) is 0 Å². The summed E-state index contributed by atoms with van der Waals surface area (Å²) in [6, 6.07) is 87.6. The fourth-order valence-corrected chi connectivity index (χ4v) is 9.84. The van der Waals surface area contributed by atoms with Gasteiger partial charge in [-0.05, 0) is 108 Å². The molecule has 344 valence electrons. The first-order valence-electron chi connectivity index (χ1n) is 24.6. The van der Waals surface area contributed by atoms with Crippen molar-refractivity contribution in [2.45, 2.75) is 20.8 Å². The van der Waals surface area contributed by atoms with Gasteiger partial charge in [0.05, 0.1) is 11.4 Å². The highest BCUT2D eigenvalue weighted by Crippen LogP contribution is 2.45. The third kappa shape index (κ3) is 9.24. The largest absolute Gasteiger partial charge is 0.294 e. The fraction of sp³-hybridized carbons (Fsp3) is 0.0580. The van der Waals surface area contributed by atoms with Crippen LogP contribution in [0, 0.1) is 5.41 Å². The average Bonchev–Trinajstić information content (AvgIpc) is 3.45. The van der Waals surface area contributed by atoms with Gasteiger partial charge in [-0.1, -0.05) is 239 Å². The van der Waals surface area contributed by atoms with Gasteiger partial charge in [-0.3, -0.25) is 14.8 Å². The van der Waals surface area contributed by atoms with Crippen molar-refractivity contribution >= 4 is 5.78 Å². The number of nitrogens with zero attached hydrogens (tertiary/aromatic N) is 2. The van der Waals surface area contributed by atoms with Gasteiger partial charge >= 0.3 is 0 Å². The molecule has 2 aromatic heterocycles. The summed E-state index contributed by atoms with van der Waals surface area (Å²) in [6.07, 6.45) is 4.09. The Morgan fingerprint density at radius 3 is 0.931 bits per heavy atom. The number of carbonyl (C=O) groups excluding carboxylic acids is 1. The maximum absolute atomic E-state index is 13.4. The number of pyridine rings is 2. The van der Waals surface area contributed by atoms with E-state index < -0.39 is 5.41 Å². The summed E-state index contributed by atoms with van der Waals surface area (Å²) in [7, 11) is 0. The van der Waals surface area contributed by atoms with Gasteiger partial charge < -0.3 is 0 Å². The van der Waals surface area contributed by atoms with Crippen molar-refractivity contribution in [2.24, 2.45) is 5.41 Å². The Morgan fingerprint density at radius 1 is 0.278 bits per heavy atom. The van der Waals surface area contributed by atoms with Crippen LogP contribution in [0.3, 0.4) is 0 Å². The van der Waals surface area contributed by atoms with E-state index in [4.69, 9.17) is 9.97 Å². The molecule has 0 atom stereocenters. The lowest BCUT2D eigenvalue weighted by Gasteiger charge is -2.20. The van der Waals surface area contributed by atoms with E-state index in [0.29, 0.717) is 5.56 Å². The van der Waals surface area contributed by atoms with Crippen molar-refractivity contribution in [3.8, 4) is 112 Å². The molecule has 0 aliphatic rings. The quantitative estimate of drug-likeness (QED) is 0.121. The molecule has 11 aromatic rings. The average molecular weight is 925 g/mol. The summed E-state index contributed by atoms with van der Waals surface area (Å²) >= 11 is 0. The molecule has 0 amide bonds. The zero-order valence-electron chi connectivity index (χ0n) is 40.6. The van der Waals surface area contributed by atoms with Crippen molar-refractivity contribution in [2.75, 3.05) is 0 Å². The molecule has 3 heteroatoms. The molecule has 0 fully saturated rings. The summed E-state index contributed by atoms with van der Waals surface area (Å²) < 4.78 is 0. The van der Waals surface area contributed by atoms with E-state index >= 15 is 0 Å². The molecule has 0 aliphatic heterocycles. The zero-order chi connectivity index (χ0) is 49.0. The highest BCUT2D eigenvalue weighted by molar-refractivity contribution is 6.01. The Bertz CT molecular complexity index is 3520. The summed E-state index contributed by atoms with van der Waals surface area (Å²) in [5, 5.41) is 0. The Hall–Kier alpha value is -9.05. The van der Waals surface area contributed by atoms with E-state index in [1.165, 1.54) is 0 Å². The van der Waals surface area contributed by atoms with Gasteiger partial charge in [0.25, 0.3) is 0 Å². The SMILES string of the molecule is CC(C)(C)C(=O)c1ccc(-c2ccccc2-c2cc(-c3ccccc3-c3cnc(-c4ccccc4)cc3-c3ccccc3)cc(-c3ccccc3-c3cnc(-c4ccccc4)cc3-c3ccccc3)c2)cc1. The first kappa shape index (κ1) is 45.4. The van der Waals surface area contributed by atoms with Gasteiger partial charge in [-0.2, -0.15) is 0 Å². The highest BCUT2D eigenvalue weighted by atomic mass is 16.1. The fourth-order valence-electron chi connectivity index (χ4n) is 9.84. The molecule has 0 radical (unpaired) electrons. The Kier molecular flexibility index (Phi) is 12.5. The van der Waals surface area contributed by atoms with Crippen molar-refractivity contribution in [3.63, 3.8) is 0 Å². The number of benzene rings is 9. The van der Waals surface area contributed by atoms with Crippen molar-refractivity contribution in [1.82, 2.24) is 9.97 Å². The molecule has 3 nitrogen and oxygen atoms in total. The molecule has 0 N–H and O–H groups in total. The number of carbonyl (C=O) groups is 1. The van der Waals surface area contributed by atoms with Crippen LogP contribution < -0.4 is 0 Å². The second-order valence-electron chi connectivity index (χ2n) is 19.3. The third-order valence-electron chi connectivity index (χ3n) is 13.5. The van der Waals surface area contributed by atoms with Crippen LogP contribution in [0.25, 0.3) is 112 Å². The first-order valence-corrected chi connectivity index (χ1v) is 24.6. The molecule has 0 bridgehead atoms. The van der Waals surface area contributed by atoms with Crippen LogP contribution in [0.15, 0.2) is 261 Å². The molecular formula is C69H52N2O. The minimum atomic E-state index is -0.480. The molecule has 0 saturated carbocycles. The highest BCUT2D eigenvalue weighted by Gasteiger charge is 2.24. The number of aromatic nitrogens is 2. The van der Waals surface area contributed by atoms with Crippen molar-refractivity contribution < 1.29 is 4.79 Å². The molecule has 0 aliphatic carbocycles. The van der Waals surface area contributed by atoms with Crippen LogP contribution >= 0.6 is 0 Å². The van der Waals surface area contributed by atoms with Gasteiger partial charge in [0.15, 0.2) is 5.78 Å². The minimum Gasteiger partial charge on any atom is -0.294 e. The van der Waals surface area contributed by atoms with Gasteiger partial charge in [0.1, 0.15) is 0 Å². The molecule has 72 heavy (non-hydrogen) atoms. The van der Waals surface area contributed by atoms with Crippen LogP contribution in [0.4, 0.5) is 0 Å². The maximum Gasteiger partial charge on any atom is 0.168 e. The molecule has 11 rings (SSSR count). The lowest BCUT2D eigenvalue weighted by molar-refractivity contribution is 0.0858.